The van der Waals surface area contributed by atoms with Gasteiger partial charge in [-0.1, -0.05) is 30.3 Å². The van der Waals surface area contributed by atoms with Crippen LogP contribution in [-0.4, -0.2) is 52.8 Å². The van der Waals surface area contributed by atoms with E-state index in [1.165, 1.54) is 5.56 Å². The molecule has 1 aromatic carbocycles. The third kappa shape index (κ3) is 5.06. The number of hydrogen-bond acceptors (Lipinski definition) is 3. The number of urea groups is 1. The van der Waals surface area contributed by atoms with Gasteiger partial charge in [-0.2, -0.15) is 0 Å². The van der Waals surface area contributed by atoms with E-state index in [-0.39, 0.29) is 12.1 Å². The molecule has 1 N–H and O–H groups in total. The lowest BCUT2D eigenvalue weighted by atomic mass is 10.1. The number of ether oxygens (including phenoxy) is 1. The van der Waals surface area contributed by atoms with E-state index in [9.17, 15) is 4.79 Å². The summed E-state index contributed by atoms with van der Waals surface area (Å²) in [6, 6.07) is 10.4. The topological polar surface area (TPSA) is 59.4 Å². The first-order valence-corrected chi connectivity index (χ1v) is 8.87. The van der Waals surface area contributed by atoms with Gasteiger partial charge >= 0.3 is 6.03 Å². The molecule has 1 atom stereocenters. The van der Waals surface area contributed by atoms with Crippen molar-refractivity contribution in [1.82, 2.24) is 19.8 Å². The largest absolute Gasteiger partial charge is 0.375 e. The Bertz CT molecular complexity index is 671. The van der Waals surface area contributed by atoms with Crippen molar-refractivity contribution in [2.24, 2.45) is 7.05 Å². The van der Waals surface area contributed by atoms with E-state index in [0.717, 1.165) is 25.1 Å². The van der Waals surface area contributed by atoms with Crippen LogP contribution in [0.1, 0.15) is 17.8 Å². The van der Waals surface area contributed by atoms with E-state index < -0.39 is 0 Å². The summed E-state index contributed by atoms with van der Waals surface area (Å²) < 4.78 is 7.80. The molecular weight excluding hydrogens is 316 g/mol. The molecule has 134 valence electrons. The number of morpholine rings is 1. The van der Waals surface area contributed by atoms with E-state index in [0.29, 0.717) is 26.2 Å². The van der Waals surface area contributed by atoms with Gasteiger partial charge in [0.25, 0.3) is 0 Å². The summed E-state index contributed by atoms with van der Waals surface area (Å²) in [7, 11) is 1.96. The Hall–Kier alpha value is -2.34. The number of nitrogens with zero attached hydrogens (tertiary/aromatic N) is 3. The Balaban J connectivity index is 1.41. The van der Waals surface area contributed by atoms with Crippen LogP contribution in [0.25, 0.3) is 0 Å². The van der Waals surface area contributed by atoms with Gasteiger partial charge < -0.3 is 19.5 Å². The molecule has 0 spiro atoms. The number of rotatable bonds is 6. The Morgan fingerprint density at radius 3 is 2.92 bits per heavy atom. The maximum atomic E-state index is 12.4. The van der Waals surface area contributed by atoms with E-state index in [1.807, 2.05) is 28.8 Å². The highest BCUT2D eigenvalue weighted by molar-refractivity contribution is 5.74. The minimum absolute atomic E-state index is 0.0118. The number of carbonyl (C=O) groups is 1. The summed E-state index contributed by atoms with van der Waals surface area (Å²) in [5, 5.41) is 2.99. The second kappa shape index (κ2) is 8.67. The molecule has 6 nitrogen and oxygen atoms in total. The number of carbonyl (C=O) groups excluding carboxylic acids is 1. The second-order valence-electron chi connectivity index (χ2n) is 6.40. The fraction of sp³-hybridized carbons (Fsp3) is 0.474. The van der Waals surface area contributed by atoms with Crippen LogP contribution in [0.4, 0.5) is 4.79 Å². The fourth-order valence-electron chi connectivity index (χ4n) is 3.08. The van der Waals surface area contributed by atoms with Crippen LogP contribution in [0.5, 0.6) is 0 Å². The lowest BCUT2D eigenvalue weighted by molar-refractivity contribution is -0.0175. The van der Waals surface area contributed by atoms with Crippen molar-refractivity contribution in [3.05, 3.63) is 54.1 Å². The van der Waals surface area contributed by atoms with Crippen LogP contribution in [0.2, 0.25) is 0 Å². The second-order valence-corrected chi connectivity index (χ2v) is 6.40. The Morgan fingerprint density at radius 2 is 2.16 bits per heavy atom. The van der Waals surface area contributed by atoms with Crippen LogP contribution in [0.15, 0.2) is 42.7 Å². The summed E-state index contributed by atoms with van der Waals surface area (Å²) in [4.78, 5) is 18.5. The lowest BCUT2D eigenvalue weighted by Crippen LogP contribution is -2.50. The number of nitrogens with one attached hydrogen (secondary N) is 1. The fourth-order valence-corrected chi connectivity index (χ4v) is 3.08. The molecule has 2 amide bonds. The zero-order valence-electron chi connectivity index (χ0n) is 14.7. The normalized spacial score (nSPS) is 17.5. The van der Waals surface area contributed by atoms with Crippen LogP contribution in [-0.2, 0) is 24.6 Å². The van der Waals surface area contributed by atoms with Crippen molar-refractivity contribution >= 4 is 6.03 Å². The molecule has 0 saturated carbocycles. The molecular formula is C19H26N4O2. The number of amides is 2. The Kier molecular flexibility index (Phi) is 6.06. The summed E-state index contributed by atoms with van der Waals surface area (Å²) in [6.45, 7) is 2.50. The molecule has 1 unspecified atom stereocenters. The summed E-state index contributed by atoms with van der Waals surface area (Å²) >= 11 is 0. The average molecular weight is 342 g/mol. The lowest BCUT2D eigenvalue weighted by Gasteiger charge is -2.33. The van der Waals surface area contributed by atoms with Gasteiger partial charge in [0.2, 0.25) is 0 Å². The van der Waals surface area contributed by atoms with Crippen LogP contribution in [0.3, 0.4) is 0 Å². The van der Waals surface area contributed by atoms with Crippen molar-refractivity contribution in [2.45, 2.75) is 25.4 Å². The number of aryl methyl sites for hydroxylation is 2. The zero-order chi connectivity index (χ0) is 17.5. The molecule has 1 aromatic heterocycles. The number of imidazole rings is 1. The standard InChI is InChI=1S/C19H26N4O2/c1-22-12-11-20-18(22)9-10-21-19(24)23-13-14-25-17(15-23)8-7-16-5-3-2-4-6-16/h2-6,11-12,17H,7-10,13-15H2,1H3,(H,21,24). The number of hydrogen-bond donors (Lipinski definition) is 1. The molecule has 1 aliphatic rings. The molecule has 0 bridgehead atoms. The highest BCUT2D eigenvalue weighted by Gasteiger charge is 2.23. The number of aromatic nitrogens is 2. The number of benzene rings is 1. The highest BCUT2D eigenvalue weighted by atomic mass is 16.5. The first-order chi connectivity index (χ1) is 12.2. The molecule has 3 rings (SSSR count). The smallest absolute Gasteiger partial charge is 0.317 e. The van der Waals surface area contributed by atoms with Gasteiger partial charge in [-0.05, 0) is 18.4 Å². The quantitative estimate of drug-likeness (QED) is 0.874. The van der Waals surface area contributed by atoms with Gasteiger partial charge in [-0.15, -0.1) is 0 Å². The van der Waals surface area contributed by atoms with E-state index >= 15 is 0 Å². The zero-order valence-corrected chi connectivity index (χ0v) is 14.7. The minimum atomic E-state index is -0.0118. The molecule has 1 fully saturated rings. The van der Waals surface area contributed by atoms with E-state index in [2.05, 4.69) is 34.6 Å². The summed E-state index contributed by atoms with van der Waals surface area (Å²) in [5.41, 5.74) is 1.31. The maximum absolute atomic E-state index is 12.4. The Labute approximate surface area is 148 Å². The van der Waals surface area contributed by atoms with E-state index in [1.54, 1.807) is 6.20 Å². The predicted molar refractivity (Wildman–Crippen MR) is 96.4 cm³/mol. The van der Waals surface area contributed by atoms with Crippen molar-refractivity contribution in [3.8, 4) is 0 Å². The minimum Gasteiger partial charge on any atom is -0.375 e. The molecule has 1 saturated heterocycles. The monoisotopic (exact) mass is 342 g/mol. The van der Waals surface area contributed by atoms with Gasteiger partial charge in [0, 0.05) is 45.5 Å². The van der Waals surface area contributed by atoms with Gasteiger partial charge in [-0.3, -0.25) is 0 Å². The summed E-state index contributed by atoms with van der Waals surface area (Å²) in [6.07, 6.45) is 6.43. The van der Waals surface area contributed by atoms with Crippen molar-refractivity contribution in [3.63, 3.8) is 0 Å². The van der Waals surface area contributed by atoms with Gasteiger partial charge in [0.05, 0.1) is 12.7 Å². The van der Waals surface area contributed by atoms with Crippen molar-refractivity contribution in [2.75, 3.05) is 26.2 Å². The molecule has 6 heteroatoms. The van der Waals surface area contributed by atoms with Crippen LogP contribution < -0.4 is 5.32 Å². The molecule has 25 heavy (non-hydrogen) atoms. The highest BCUT2D eigenvalue weighted by Crippen LogP contribution is 2.12. The first kappa shape index (κ1) is 17.5. The third-order valence-corrected chi connectivity index (χ3v) is 4.57. The van der Waals surface area contributed by atoms with Crippen LogP contribution >= 0.6 is 0 Å². The van der Waals surface area contributed by atoms with Crippen LogP contribution in [0, 0.1) is 0 Å². The van der Waals surface area contributed by atoms with Gasteiger partial charge in [0.1, 0.15) is 5.82 Å². The van der Waals surface area contributed by atoms with Gasteiger partial charge in [-0.25, -0.2) is 9.78 Å². The maximum Gasteiger partial charge on any atom is 0.317 e. The van der Waals surface area contributed by atoms with Crippen molar-refractivity contribution < 1.29 is 9.53 Å². The molecule has 2 aromatic rings. The predicted octanol–water partition coefficient (Wildman–Crippen LogP) is 2.01. The SMILES string of the molecule is Cn1ccnc1CCNC(=O)N1CCOC(CCc2ccccc2)C1. The molecule has 1 aliphatic heterocycles. The summed E-state index contributed by atoms with van der Waals surface area (Å²) in [5.74, 6) is 0.975. The molecule has 2 heterocycles. The average Bonchev–Trinajstić information content (AvgIpc) is 3.06. The molecule has 0 aliphatic carbocycles. The molecule has 0 radical (unpaired) electrons. The first-order valence-electron chi connectivity index (χ1n) is 8.87. The van der Waals surface area contributed by atoms with Crippen molar-refractivity contribution in [1.29, 1.82) is 0 Å². The van der Waals surface area contributed by atoms with Gasteiger partial charge in [0.15, 0.2) is 0 Å². The van der Waals surface area contributed by atoms with E-state index in [4.69, 9.17) is 4.74 Å². The third-order valence-electron chi connectivity index (χ3n) is 4.57. The Morgan fingerprint density at radius 1 is 1.32 bits per heavy atom.